The predicted molar refractivity (Wildman–Crippen MR) is 99.8 cm³/mol. The van der Waals surface area contributed by atoms with Crippen molar-refractivity contribution in [3.05, 3.63) is 81.9 Å². The fourth-order valence-electron chi connectivity index (χ4n) is 2.58. The first-order valence-corrected chi connectivity index (χ1v) is 8.20. The lowest BCUT2D eigenvalue weighted by molar-refractivity contribution is -0.385. The van der Waals surface area contributed by atoms with E-state index in [2.05, 4.69) is 10.3 Å². The molecule has 0 spiro atoms. The highest BCUT2D eigenvalue weighted by Gasteiger charge is 2.18. The standard InChI is InChI=1S/C19H18N4O4/c1-13-16(4-3-5-17(13)23(25)26)19(24)21-14-6-8-15(9-7-14)27-12-18-20-10-11-22(18)2/h3-11H,12H2,1-2H3,(H,21,24). The van der Waals surface area contributed by atoms with Gasteiger partial charge in [-0.2, -0.15) is 0 Å². The summed E-state index contributed by atoms with van der Waals surface area (Å²) in [6.07, 6.45) is 3.54. The number of imidazole rings is 1. The summed E-state index contributed by atoms with van der Waals surface area (Å²) in [6.45, 7) is 1.89. The van der Waals surface area contributed by atoms with Crippen molar-refractivity contribution in [1.82, 2.24) is 9.55 Å². The smallest absolute Gasteiger partial charge is 0.273 e. The van der Waals surface area contributed by atoms with Crippen molar-refractivity contribution in [1.29, 1.82) is 0 Å². The van der Waals surface area contributed by atoms with Gasteiger partial charge in [0.15, 0.2) is 0 Å². The van der Waals surface area contributed by atoms with Crippen LogP contribution < -0.4 is 10.1 Å². The van der Waals surface area contributed by atoms with Gasteiger partial charge in [0.2, 0.25) is 0 Å². The number of hydrogen-bond donors (Lipinski definition) is 1. The van der Waals surface area contributed by atoms with Crippen LogP contribution >= 0.6 is 0 Å². The van der Waals surface area contributed by atoms with Crippen molar-refractivity contribution in [2.75, 3.05) is 5.32 Å². The first-order chi connectivity index (χ1) is 13.0. The van der Waals surface area contributed by atoms with Gasteiger partial charge in [0.1, 0.15) is 18.2 Å². The molecule has 0 radical (unpaired) electrons. The third-order valence-corrected chi connectivity index (χ3v) is 4.15. The summed E-state index contributed by atoms with van der Waals surface area (Å²) in [5, 5.41) is 13.8. The van der Waals surface area contributed by atoms with Gasteiger partial charge in [0.05, 0.1) is 4.92 Å². The molecule has 8 nitrogen and oxygen atoms in total. The van der Waals surface area contributed by atoms with Gasteiger partial charge in [0, 0.05) is 42.3 Å². The first-order valence-electron chi connectivity index (χ1n) is 8.20. The highest BCUT2D eigenvalue weighted by Crippen LogP contribution is 2.23. The summed E-state index contributed by atoms with van der Waals surface area (Å²) < 4.78 is 7.54. The highest BCUT2D eigenvalue weighted by atomic mass is 16.6. The van der Waals surface area contributed by atoms with Gasteiger partial charge in [-0.05, 0) is 37.3 Å². The van der Waals surface area contributed by atoms with Crippen LogP contribution in [0, 0.1) is 17.0 Å². The number of aryl methyl sites for hydroxylation is 1. The number of nitro groups is 1. The van der Waals surface area contributed by atoms with Crippen molar-refractivity contribution < 1.29 is 14.5 Å². The fourth-order valence-corrected chi connectivity index (χ4v) is 2.58. The molecule has 138 valence electrons. The molecule has 1 heterocycles. The van der Waals surface area contributed by atoms with Crippen LogP contribution in [0.3, 0.4) is 0 Å². The van der Waals surface area contributed by atoms with Gasteiger partial charge in [-0.15, -0.1) is 0 Å². The Morgan fingerprint density at radius 3 is 2.63 bits per heavy atom. The second kappa shape index (κ2) is 7.69. The molecule has 3 aromatic rings. The minimum absolute atomic E-state index is 0.0827. The van der Waals surface area contributed by atoms with E-state index < -0.39 is 10.8 Å². The summed E-state index contributed by atoms with van der Waals surface area (Å²) >= 11 is 0. The number of nitro benzene ring substituents is 1. The van der Waals surface area contributed by atoms with E-state index in [1.54, 1.807) is 43.5 Å². The average molecular weight is 366 g/mol. The van der Waals surface area contributed by atoms with Crippen LogP contribution in [-0.2, 0) is 13.7 Å². The maximum atomic E-state index is 12.4. The van der Waals surface area contributed by atoms with Gasteiger partial charge in [-0.3, -0.25) is 14.9 Å². The van der Waals surface area contributed by atoms with Gasteiger partial charge in [-0.25, -0.2) is 4.98 Å². The molecule has 3 rings (SSSR count). The molecule has 1 amide bonds. The van der Waals surface area contributed by atoms with Crippen LogP contribution in [0.4, 0.5) is 11.4 Å². The van der Waals surface area contributed by atoms with Crippen molar-refractivity contribution in [3.8, 4) is 5.75 Å². The minimum Gasteiger partial charge on any atom is -0.486 e. The summed E-state index contributed by atoms with van der Waals surface area (Å²) in [6, 6.07) is 11.3. The first kappa shape index (κ1) is 18.1. The molecular weight excluding hydrogens is 348 g/mol. The summed E-state index contributed by atoms with van der Waals surface area (Å²) in [5.41, 5.74) is 1.07. The monoisotopic (exact) mass is 366 g/mol. The zero-order chi connectivity index (χ0) is 19.4. The Hall–Kier alpha value is -3.68. The van der Waals surface area contributed by atoms with Crippen LogP contribution in [0.5, 0.6) is 5.75 Å². The topological polar surface area (TPSA) is 99.3 Å². The number of ether oxygens (including phenoxy) is 1. The number of carbonyl (C=O) groups is 1. The molecule has 0 bridgehead atoms. The molecule has 8 heteroatoms. The number of nitrogens with one attached hydrogen (secondary N) is 1. The fraction of sp³-hybridized carbons (Fsp3) is 0.158. The zero-order valence-corrected chi connectivity index (χ0v) is 14.9. The van der Waals surface area contributed by atoms with E-state index in [0.717, 1.165) is 5.82 Å². The van der Waals surface area contributed by atoms with Crippen LogP contribution in [0.25, 0.3) is 0 Å². The molecule has 0 saturated carbocycles. The number of nitrogens with zero attached hydrogens (tertiary/aromatic N) is 3. The maximum Gasteiger partial charge on any atom is 0.273 e. The molecule has 27 heavy (non-hydrogen) atoms. The number of carbonyl (C=O) groups excluding carboxylic acids is 1. The van der Waals surface area contributed by atoms with E-state index in [-0.39, 0.29) is 11.3 Å². The van der Waals surface area contributed by atoms with E-state index in [1.807, 2.05) is 17.8 Å². The largest absolute Gasteiger partial charge is 0.486 e. The normalized spacial score (nSPS) is 10.4. The van der Waals surface area contributed by atoms with Gasteiger partial charge in [-0.1, -0.05) is 6.07 Å². The number of aromatic nitrogens is 2. The second-order valence-electron chi connectivity index (χ2n) is 5.93. The Labute approximate surface area is 155 Å². The quantitative estimate of drug-likeness (QED) is 0.532. The Kier molecular flexibility index (Phi) is 5.16. The van der Waals surface area contributed by atoms with E-state index in [1.165, 1.54) is 12.1 Å². The zero-order valence-electron chi connectivity index (χ0n) is 14.9. The Bertz CT molecular complexity index is 980. The summed E-state index contributed by atoms with van der Waals surface area (Å²) in [4.78, 5) is 27.1. The number of hydrogen-bond acceptors (Lipinski definition) is 5. The Morgan fingerprint density at radius 1 is 1.26 bits per heavy atom. The predicted octanol–water partition coefficient (Wildman–Crippen LogP) is 3.47. The van der Waals surface area contributed by atoms with E-state index >= 15 is 0 Å². The average Bonchev–Trinajstić information content (AvgIpc) is 3.06. The molecule has 0 unspecified atom stereocenters. The number of benzene rings is 2. The van der Waals surface area contributed by atoms with Crippen LogP contribution in [0.15, 0.2) is 54.9 Å². The molecule has 0 fully saturated rings. The van der Waals surface area contributed by atoms with Gasteiger partial charge in [0.25, 0.3) is 11.6 Å². The van der Waals surface area contributed by atoms with Crippen LogP contribution in [-0.4, -0.2) is 20.4 Å². The third-order valence-electron chi connectivity index (χ3n) is 4.15. The molecule has 0 aliphatic carbocycles. The van der Waals surface area contributed by atoms with Crippen molar-refractivity contribution >= 4 is 17.3 Å². The lowest BCUT2D eigenvalue weighted by atomic mass is 10.1. The number of amides is 1. The SMILES string of the molecule is Cc1c(C(=O)Nc2ccc(OCc3nccn3C)cc2)cccc1[N+](=O)[O-]. The minimum atomic E-state index is -0.500. The van der Waals surface area contributed by atoms with Gasteiger partial charge >= 0.3 is 0 Å². The van der Waals surface area contributed by atoms with Crippen molar-refractivity contribution in [2.45, 2.75) is 13.5 Å². The Balaban J connectivity index is 1.66. The molecule has 1 aromatic heterocycles. The molecule has 2 aromatic carbocycles. The third kappa shape index (κ3) is 4.12. The lowest BCUT2D eigenvalue weighted by Crippen LogP contribution is -2.14. The van der Waals surface area contributed by atoms with E-state index in [9.17, 15) is 14.9 Å². The molecule has 0 aliphatic rings. The second-order valence-corrected chi connectivity index (χ2v) is 5.93. The van der Waals surface area contributed by atoms with Crippen LogP contribution in [0.2, 0.25) is 0 Å². The van der Waals surface area contributed by atoms with E-state index in [4.69, 9.17) is 4.74 Å². The number of rotatable bonds is 6. The molecule has 0 aliphatic heterocycles. The Morgan fingerprint density at radius 2 is 2.00 bits per heavy atom. The lowest BCUT2D eigenvalue weighted by Gasteiger charge is -2.10. The molecule has 0 atom stereocenters. The number of anilines is 1. The summed E-state index contributed by atoms with van der Waals surface area (Å²) in [5.74, 6) is 1.04. The van der Waals surface area contributed by atoms with Gasteiger partial charge < -0.3 is 14.6 Å². The molecule has 0 saturated heterocycles. The van der Waals surface area contributed by atoms with Crippen molar-refractivity contribution in [2.24, 2.45) is 7.05 Å². The van der Waals surface area contributed by atoms with Crippen LogP contribution in [0.1, 0.15) is 21.7 Å². The summed E-state index contributed by atoms with van der Waals surface area (Å²) in [7, 11) is 1.89. The molecular formula is C19H18N4O4. The molecule has 1 N–H and O–H groups in total. The maximum absolute atomic E-state index is 12.4. The van der Waals surface area contributed by atoms with Crippen molar-refractivity contribution in [3.63, 3.8) is 0 Å². The highest BCUT2D eigenvalue weighted by molar-refractivity contribution is 6.05. The van der Waals surface area contributed by atoms with E-state index in [0.29, 0.717) is 23.6 Å².